The number of likely N-dealkylation sites (tertiary alicyclic amines) is 1. The Hall–Kier alpha value is -1.78. The smallest absolute Gasteiger partial charge is 0.257 e. The molecule has 0 aromatic carbocycles. The molecule has 2 atom stereocenters. The zero-order chi connectivity index (χ0) is 14.5. The lowest BCUT2D eigenvalue weighted by atomic mass is 9.96. The number of piperidine rings is 1. The first-order valence-corrected chi connectivity index (χ1v) is 7.23. The van der Waals surface area contributed by atoms with Crippen LogP contribution in [-0.4, -0.2) is 35.8 Å². The van der Waals surface area contributed by atoms with E-state index in [1.54, 1.807) is 11.0 Å². The number of hydrogen-bond donors (Lipinski definition) is 1. The second kappa shape index (κ2) is 6.59. The van der Waals surface area contributed by atoms with Crippen LogP contribution >= 0.6 is 0 Å². The SMILES string of the molecule is CC[C@@H](C)NC(=O)[C@H]1CCCN(C(=O)c2ccoc2)C1. The first-order chi connectivity index (χ1) is 9.61. The molecule has 1 aromatic rings. The molecular weight excluding hydrogens is 256 g/mol. The van der Waals surface area contributed by atoms with E-state index in [1.165, 1.54) is 12.5 Å². The number of carbonyl (C=O) groups excluding carboxylic acids is 2. The fourth-order valence-electron chi connectivity index (χ4n) is 2.41. The molecule has 2 amide bonds. The number of nitrogens with zero attached hydrogens (tertiary/aromatic N) is 1. The fraction of sp³-hybridized carbons (Fsp3) is 0.600. The van der Waals surface area contributed by atoms with Gasteiger partial charge in [0, 0.05) is 19.1 Å². The van der Waals surface area contributed by atoms with Gasteiger partial charge in [-0.05, 0) is 32.3 Å². The molecule has 0 unspecified atom stereocenters. The Labute approximate surface area is 119 Å². The van der Waals surface area contributed by atoms with Crippen LogP contribution in [0.2, 0.25) is 0 Å². The van der Waals surface area contributed by atoms with E-state index in [4.69, 9.17) is 4.42 Å². The van der Waals surface area contributed by atoms with E-state index in [1.807, 2.05) is 13.8 Å². The number of nitrogens with one attached hydrogen (secondary N) is 1. The van der Waals surface area contributed by atoms with E-state index < -0.39 is 0 Å². The Bertz CT molecular complexity index is 456. The van der Waals surface area contributed by atoms with Crippen LogP contribution in [-0.2, 0) is 4.79 Å². The summed E-state index contributed by atoms with van der Waals surface area (Å²) < 4.78 is 4.94. The molecule has 1 aliphatic rings. The van der Waals surface area contributed by atoms with Crippen molar-refractivity contribution in [1.82, 2.24) is 10.2 Å². The highest BCUT2D eigenvalue weighted by Crippen LogP contribution is 2.19. The normalized spacial score (nSPS) is 20.5. The van der Waals surface area contributed by atoms with Gasteiger partial charge < -0.3 is 14.6 Å². The summed E-state index contributed by atoms with van der Waals surface area (Å²) in [6, 6.07) is 1.84. The van der Waals surface area contributed by atoms with Gasteiger partial charge in [0.1, 0.15) is 6.26 Å². The average molecular weight is 278 g/mol. The van der Waals surface area contributed by atoms with E-state index in [-0.39, 0.29) is 23.8 Å². The van der Waals surface area contributed by atoms with Crippen LogP contribution in [0.3, 0.4) is 0 Å². The summed E-state index contributed by atoms with van der Waals surface area (Å²) in [6.45, 7) is 5.24. The molecule has 5 heteroatoms. The van der Waals surface area contributed by atoms with Gasteiger partial charge in [0.2, 0.25) is 5.91 Å². The van der Waals surface area contributed by atoms with Gasteiger partial charge in [-0.15, -0.1) is 0 Å². The Kier molecular flexibility index (Phi) is 4.82. The van der Waals surface area contributed by atoms with Crippen LogP contribution in [0.5, 0.6) is 0 Å². The van der Waals surface area contributed by atoms with Crippen molar-refractivity contribution < 1.29 is 14.0 Å². The molecule has 5 nitrogen and oxygen atoms in total. The van der Waals surface area contributed by atoms with Crippen molar-refractivity contribution in [2.75, 3.05) is 13.1 Å². The second-order valence-electron chi connectivity index (χ2n) is 5.42. The molecule has 20 heavy (non-hydrogen) atoms. The first kappa shape index (κ1) is 14.6. The third-order valence-corrected chi connectivity index (χ3v) is 3.85. The van der Waals surface area contributed by atoms with Gasteiger partial charge in [0.05, 0.1) is 17.7 Å². The topological polar surface area (TPSA) is 62.6 Å². The van der Waals surface area contributed by atoms with Crippen LogP contribution in [0.4, 0.5) is 0 Å². The molecule has 1 N–H and O–H groups in total. The van der Waals surface area contributed by atoms with Crippen molar-refractivity contribution in [1.29, 1.82) is 0 Å². The van der Waals surface area contributed by atoms with Crippen molar-refractivity contribution in [2.45, 2.75) is 39.2 Å². The molecule has 1 aliphatic heterocycles. The van der Waals surface area contributed by atoms with Crippen molar-refractivity contribution in [3.8, 4) is 0 Å². The molecule has 1 saturated heterocycles. The lowest BCUT2D eigenvalue weighted by Crippen LogP contribution is -2.47. The highest BCUT2D eigenvalue weighted by Gasteiger charge is 2.29. The maximum Gasteiger partial charge on any atom is 0.257 e. The Morgan fingerprint density at radius 2 is 2.35 bits per heavy atom. The molecular formula is C15H22N2O3. The highest BCUT2D eigenvalue weighted by molar-refractivity contribution is 5.94. The molecule has 1 aromatic heterocycles. The molecule has 0 radical (unpaired) electrons. The van der Waals surface area contributed by atoms with Gasteiger partial charge in [-0.25, -0.2) is 0 Å². The van der Waals surface area contributed by atoms with Gasteiger partial charge >= 0.3 is 0 Å². The zero-order valence-electron chi connectivity index (χ0n) is 12.1. The number of carbonyl (C=O) groups is 2. The van der Waals surface area contributed by atoms with E-state index in [2.05, 4.69) is 5.32 Å². The monoisotopic (exact) mass is 278 g/mol. The van der Waals surface area contributed by atoms with Gasteiger partial charge in [-0.1, -0.05) is 6.92 Å². The molecule has 0 spiro atoms. The standard InChI is InChI=1S/C15H22N2O3/c1-3-11(2)16-14(18)12-5-4-7-17(9-12)15(19)13-6-8-20-10-13/h6,8,10-12H,3-5,7,9H2,1-2H3,(H,16,18)/t11-,12+/m1/s1. The summed E-state index contributed by atoms with van der Waals surface area (Å²) in [4.78, 5) is 26.1. The fourth-order valence-corrected chi connectivity index (χ4v) is 2.41. The van der Waals surface area contributed by atoms with Crippen molar-refractivity contribution >= 4 is 11.8 Å². The van der Waals surface area contributed by atoms with E-state index in [0.717, 1.165) is 19.3 Å². The summed E-state index contributed by atoms with van der Waals surface area (Å²) in [5, 5.41) is 3.00. The van der Waals surface area contributed by atoms with Crippen molar-refractivity contribution in [3.05, 3.63) is 24.2 Å². The van der Waals surface area contributed by atoms with Crippen molar-refractivity contribution in [3.63, 3.8) is 0 Å². The van der Waals surface area contributed by atoms with Gasteiger partial charge in [-0.3, -0.25) is 9.59 Å². The summed E-state index contributed by atoms with van der Waals surface area (Å²) in [5.74, 6) is -0.0996. The minimum atomic E-state index is -0.103. The van der Waals surface area contributed by atoms with Gasteiger partial charge in [0.25, 0.3) is 5.91 Å². The molecule has 2 heterocycles. The summed E-state index contributed by atoms with van der Waals surface area (Å²) in [7, 11) is 0. The molecule has 0 bridgehead atoms. The van der Waals surface area contributed by atoms with Gasteiger partial charge in [0.15, 0.2) is 0 Å². The third kappa shape index (κ3) is 3.40. The van der Waals surface area contributed by atoms with Gasteiger partial charge in [-0.2, -0.15) is 0 Å². The Morgan fingerprint density at radius 3 is 3.00 bits per heavy atom. The summed E-state index contributed by atoms with van der Waals surface area (Å²) >= 11 is 0. The van der Waals surface area contributed by atoms with Crippen LogP contribution in [0, 0.1) is 5.92 Å². The van der Waals surface area contributed by atoms with Crippen LogP contribution in [0.1, 0.15) is 43.5 Å². The maximum atomic E-state index is 12.2. The van der Waals surface area contributed by atoms with E-state index in [9.17, 15) is 9.59 Å². The predicted octanol–water partition coefficient (Wildman–Crippen LogP) is 2.05. The Balaban J connectivity index is 1.95. The zero-order valence-corrected chi connectivity index (χ0v) is 12.1. The quantitative estimate of drug-likeness (QED) is 0.916. The third-order valence-electron chi connectivity index (χ3n) is 3.85. The maximum absolute atomic E-state index is 12.2. The Morgan fingerprint density at radius 1 is 1.55 bits per heavy atom. The molecule has 110 valence electrons. The molecule has 2 rings (SSSR count). The summed E-state index contributed by atoms with van der Waals surface area (Å²) in [5.41, 5.74) is 0.549. The summed E-state index contributed by atoms with van der Waals surface area (Å²) in [6.07, 6.45) is 5.56. The molecule has 1 fully saturated rings. The molecule has 0 saturated carbocycles. The van der Waals surface area contributed by atoms with E-state index in [0.29, 0.717) is 18.7 Å². The highest BCUT2D eigenvalue weighted by atomic mass is 16.3. The lowest BCUT2D eigenvalue weighted by Gasteiger charge is -2.32. The average Bonchev–Trinajstić information content (AvgIpc) is 3.00. The minimum Gasteiger partial charge on any atom is -0.472 e. The largest absolute Gasteiger partial charge is 0.472 e. The van der Waals surface area contributed by atoms with E-state index >= 15 is 0 Å². The molecule has 0 aliphatic carbocycles. The number of amides is 2. The second-order valence-corrected chi connectivity index (χ2v) is 5.42. The lowest BCUT2D eigenvalue weighted by molar-refractivity contribution is -0.126. The number of furan rings is 1. The van der Waals surface area contributed by atoms with Crippen LogP contribution in [0.15, 0.2) is 23.0 Å². The number of hydrogen-bond acceptors (Lipinski definition) is 3. The number of rotatable bonds is 4. The predicted molar refractivity (Wildman–Crippen MR) is 75.2 cm³/mol. The van der Waals surface area contributed by atoms with Crippen LogP contribution < -0.4 is 5.32 Å². The van der Waals surface area contributed by atoms with Crippen LogP contribution in [0.25, 0.3) is 0 Å². The first-order valence-electron chi connectivity index (χ1n) is 7.23. The van der Waals surface area contributed by atoms with Crippen molar-refractivity contribution in [2.24, 2.45) is 5.92 Å². The minimum absolute atomic E-state index is 0.0558.